The maximum Gasteiger partial charge on any atom is 0.260 e. The van der Waals surface area contributed by atoms with Crippen molar-refractivity contribution in [2.75, 3.05) is 37.4 Å². The monoisotopic (exact) mass is 781 g/mol. The van der Waals surface area contributed by atoms with Crippen LogP contribution in [0.4, 0.5) is 23.7 Å². The Labute approximate surface area is 325 Å². The Morgan fingerprint density at radius 3 is 1.72 bits per heavy atom. The number of benzene rings is 2. The number of primary amides is 2. The number of carbonyl (C=O) groups excluding carboxylic acids is 3. The van der Waals surface area contributed by atoms with Crippen molar-refractivity contribution in [3.05, 3.63) is 70.7 Å². The van der Waals surface area contributed by atoms with Crippen LogP contribution in [0.3, 0.4) is 0 Å². The predicted molar refractivity (Wildman–Crippen MR) is 208 cm³/mol. The van der Waals surface area contributed by atoms with E-state index in [4.69, 9.17) is 39.7 Å². The third-order valence-corrected chi connectivity index (χ3v) is 9.44. The van der Waals surface area contributed by atoms with Crippen molar-refractivity contribution in [3.8, 4) is 11.5 Å². The minimum atomic E-state index is -0.705. The minimum absolute atomic E-state index is 0.134. The fourth-order valence-electron chi connectivity index (χ4n) is 6.62. The molecule has 0 spiro atoms. The Bertz CT molecular complexity index is 2540. The van der Waals surface area contributed by atoms with Gasteiger partial charge in [-0.15, -0.1) is 0 Å². The standard InChI is InChI=1S/C38H43N11O8/c1-6-24-35(56-19(3)41-24)45-37-43-26-12-21(33(39)52)14-28(54-5)31(26)48(37)10-8-9-11-49-32-27(44-38(49)46-36-25(7-2)42-20(4)57-36)13-22(34(40)53)15-29(32)55-18-30(51)47-16-23(50)17-47/h8-9,12-15,23,50H,6-7,10-11,16-18H2,1-5H3,(H2,39,52)(H2,40,53)(H,43,45)(H,44,46)/b9-8+. The highest BCUT2D eigenvalue weighted by molar-refractivity contribution is 6.00. The van der Waals surface area contributed by atoms with Gasteiger partial charge in [-0.2, -0.15) is 0 Å². The van der Waals surface area contributed by atoms with Crippen LogP contribution in [0.2, 0.25) is 0 Å². The van der Waals surface area contributed by atoms with E-state index in [0.717, 1.165) is 0 Å². The number of anilines is 4. The van der Waals surface area contributed by atoms with Crippen molar-refractivity contribution in [1.82, 2.24) is 34.0 Å². The summed E-state index contributed by atoms with van der Waals surface area (Å²) in [6.45, 7) is 7.98. The maximum absolute atomic E-state index is 12.9. The number of likely N-dealkylation sites (tertiary alicyclic amines) is 1. The number of aryl methyl sites for hydroxylation is 4. The molecule has 19 nitrogen and oxygen atoms in total. The van der Waals surface area contributed by atoms with Gasteiger partial charge in [0.2, 0.25) is 35.5 Å². The van der Waals surface area contributed by atoms with Crippen molar-refractivity contribution in [2.45, 2.75) is 59.7 Å². The van der Waals surface area contributed by atoms with Crippen molar-refractivity contribution in [3.63, 3.8) is 0 Å². The molecule has 4 aromatic heterocycles. The fraction of sp³-hybridized carbons (Fsp3) is 0.342. The Morgan fingerprint density at radius 1 is 0.807 bits per heavy atom. The number of nitrogens with two attached hydrogens (primary N) is 2. The lowest BCUT2D eigenvalue weighted by atomic mass is 10.1. The SMILES string of the molecule is CCc1nc(C)oc1Nc1nc2cc(C(N)=O)cc(OC)c2n1C/C=C/Cn1c(Nc2oc(C)nc2CC)nc2cc(C(N)=O)cc(OCC(=O)N3CC(O)C3)c21. The third-order valence-electron chi connectivity index (χ3n) is 9.44. The molecule has 0 saturated carbocycles. The Balaban J connectivity index is 1.28. The van der Waals surface area contributed by atoms with Crippen LogP contribution in [0.5, 0.6) is 11.5 Å². The van der Waals surface area contributed by atoms with Crippen LogP contribution in [-0.4, -0.2) is 89.7 Å². The number of allylic oxidation sites excluding steroid dienone is 2. The first kappa shape index (κ1) is 38.4. The molecule has 0 radical (unpaired) electrons. The summed E-state index contributed by atoms with van der Waals surface area (Å²) < 4.78 is 27.2. The summed E-state index contributed by atoms with van der Waals surface area (Å²) >= 11 is 0. The van der Waals surface area contributed by atoms with E-state index in [9.17, 15) is 19.5 Å². The number of oxazole rings is 2. The van der Waals surface area contributed by atoms with Crippen molar-refractivity contribution in [2.24, 2.45) is 11.5 Å². The predicted octanol–water partition coefficient (Wildman–Crippen LogP) is 3.64. The lowest BCUT2D eigenvalue weighted by Gasteiger charge is -2.35. The van der Waals surface area contributed by atoms with Crippen LogP contribution in [0.15, 0.2) is 45.3 Å². The molecule has 1 fully saturated rings. The average molecular weight is 782 g/mol. The lowest BCUT2D eigenvalue weighted by Crippen LogP contribution is -2.54. The lowest BCUT2D eigenvalue weighted by molar-refractivity contribution is -0.143. The molecule has 6 aromatic rings. The van der Waals surface area contributed by atoms with E-state index in [1.165, 1.54) is 18.1 Å². The van der Waals surface area contributed by atoms with Gasteiger partial charge in [0.1, 0.15) is 33.9 Å². The molecule has 1 aliphatic rings. The van der Waals surface area contributed by atoms with E-state index in [2.05, 4.69) is 20.6 Å². The van der Waals surface area contributed by atoms with Gasteiger partial charge in [0.15, 0.2) is 18.4 Å². The second kappa shape index (κ2) is 15.7. The van der Waals surface area contributed by atoms with Crippen molar-refractivity contribution < 1.29 is 37.8 Å². The molecule has 0 atom stereocenters. The van der Waals surface area contributed by atoms with Crippen LogP contribution < -0.4 is 31.6 Å². The number of ether oxygens (including phenoxy) is 2. The van der Waals surface area contributed by atoms with Crippen molar-refractivity contribution >= 4 is 63.5 Å². The van der Waals surface area contributed by atoms with E-state index < -0.39 is 17.9 Å². The van der Waals surface area contributed by atoms with Crippen LogP contribution in [0, 0.1) is 13.8 Å². The highest BCUT2D eigenvalue weighted by atomic mass is 16.5. The smallest absolute Gasteiger partial charge is 0.260 e. The molecular weight excluding hydrogens is 738 g/mol. The second-order valence-electron chi connectivity index (χ2n) is 13.4. The second-order valence-corrected chi connectivity index (χ2v) is 13.4. The Kier molecular flexibility index (Phi) is 10.6. The molecule has 7 rings (SSSR count). The molecule has 298 valence electrons. The van der Waals surface area contributed by atoms with Gasteiger partial charge in [0, 0.05) is 51.2 Å². The molecule has 19 heteroatoms. The Morgan fingerprint density at radius 2 is 1.28 bits per heavy atom. The maximum atomic E-state index is 12.9. The zero-order chi connectivity index (χ0) is 40.5. The van der Waals surface area contributed by atoms with Gasteiger partial charge in [-0.3, -0.25) is 25.0 Å². The van der Waals surface area contributed by atoms with Crippen LogP contribution in [0.1, 0.15) is 57.7 Å². The van der Waals surface area contributed by atoms with Crippen LogP contribution >= 0.6 is 0 Å². The van der Waals surface area contributed by atoms with Gasteiger partial charge in [-0.1, -0.05) is 26.0 Å². The first-order chi connectivity index (χ1) is 27.4. The van der Waals surface area contributed by atoms with E-state index in [0.29, 0.717) is 87.5 Å². The largest absolute Gasteiger partial charge is 0.494 e. The highest BCUT2D eigenvalue weighted by Crippen LogP contribution is 2.35. The van der Waals surface area contributed by atoms with Gasteiger partial charge >= 0.3 is 0 Å². The number of aliphatic hydroxyl groups is 1. The molecular formula is C38H43N11O8. The summed E-state index contributed by atoms with van der Waals surface area (Å²) in [4.78, 5) is 57.5. The number of carbonyl (C=O) groups is 3. The number of aliphatic hydroxyl groups excluding tert-OH is 1. The van der Waals surface area contributed by atoms with Gasteiger partial charge in [-0.05, 0) is 37.1 Å². The number of β-amino-alcohol motifs (C(OH)–C–C–N with tert-alkyl or cyclic N) is 1. The summed E-state index contributed by atoms with van der Waals surface area (Å²) in [7, 11) is 1.50. The van der Waals surface area contributed by atoms with Gasteiger partial charge in [0.05, 0.1) is 24.2 Å². The number of methoxy groups -OCH3 is 1. The number of imidazole rings is 2. The number of amides is 3. The van der Waals surface area contributed by atoms with Gasteiger partial charge < -0.3 is 48.9 Å². The zero-order valence-corrected chi connectivity index (χ0v) is 32.1. The van der Waals surface area contributed by atoms with E-state index in [1.54, 1.807) is 32.0 Å². The van der Waals surface area contributed by atoms with Gasteiger partial charge in [-0.25, -0.2) is 19.9 Å². The molecule has 7 N–H and O–H groups in total. The number of aromatic nitrogens is 6. The van der Waals surface area contributed by atoms with Crippen LogP contribution in [-0.2, 0) is 30.7 Å². The van der Waals surface area contributed by atoms with E-state index in [1.807, 2.05) is 35.1 Å². The molecule has 1 aliphatic heterocycles. The summed E-state index contributed by atoms with van der Waals surface area (Å²) in [6.07, 6.45) is 4.42. The molecule has 57 heavy (non-hydrogen) atoms. The number of nitrogens with one attached hydrogen (secondary N) is 2. The summed E-state index contributed by atoms with van der Waals surface area (Å²) in [6, 6.07) is 6.19. The first-order valence-electron chi connectivity index (χ1n) is 18.3. The molecule has 0 aliphatic carbocycles. The fourth-order valence-corrected chi connectivity index (χ4v) is 6.62. The molecule has 3 amide bonds. The number of fused-ring (bicyclic) bond motifs is 2. The first-order valence-corrected chi connectivity index (χ1v) is 18.3. The highest BCUT2D eigenvalue weighted by Gasteiger charge is 2.29. The minimum Gasteiger partial charge on any atom is -0.494 e. The number of hydrogen-bond donors (Lipinski definition) is 5. The molecule has 0 bridgehead atoms. The van der Waals surface area contributed by atoms with Gasteiger partial charge in [0.25, 0.3) is 5.91 Å². The average Bonchev–Trinajstić information content (AvgIpc) is 3.92. The number of nitrogens with zero attached hydrogens (tertiary/aromatic N) is 7. The quantitative estimate of drug-likeness (QED) is 0.0879. The zero-order valence-electron chi connectivity index (χ0n) is 32.1. The molecule has 1 saturated heterocycles. The van der Waals surface area contributed by atoms with E-state index >= 15 is 0 Å². The summed E-state index contributed by atoms with van der Waals surface area (Å²) in [5, 5.41) is 16.2. The normalized spacial score (nSPS) is 13.1. The Hall–Kier alpha value is -6.89. The van der Waals surface area contributed by atoms with E-state index in [-0.39, 0.29) is 55.6 Å². The molecule has 5 heterocycles. The summed E-state index contributed by atoms with van der Waals surface area (Å²) in [5.41, 5.74) is 15.0. The van der Waals surface area contributed by atoms with Crippen LogP contribution in [0.25, 0.3) is 22.1 Å². The molecule has 0 unspecified atom stereocenters. The third kappa shape index (κ3) is 7.68. The number of hydrogen-bond acceptors (Lipinski definition) is 14. The molecule has 2 aromatic carbocycles. The van der Waals surface area contributed by atoms with Crippen molar-refractivity contribution in [1.29, 1.82) is 0 Å². The summed E-state index contributed by atoms with van der Waals surface area (Å²) in [5.74, 6) is 1.46. The number of rotatable bonds is 16. The topological polar surface area (TPSA) is 257 Å².